The third kappa shape index (κ3) is 2.97. The molecule has 0 bridgehead atoms. The molecular weight excluding hydrogens is 295 g/mol. The van der Waals surface area contributed by atoms with E-state index in [1.165, 1.54) is 0 Å². The summed E-state index contributed by atoms with van der Waals surface area (Å²) in [6.45, 7) is 1.97. The highest BCUT2D eigenvalue weighted by Gasteiger charge is 2.37. The highest BCUT2D eigenvalue weighted by atomic mass is 35.5. The maximum Gasteiger partial charge on any atom is 0.265 e. The quantitative estimate of drug-likeness (QED) is 0.850. The van der Waals surface area contributed by atoms with Gasteiger partial charge in [-0.1, -0.05) is 54.1 Å². The van der Waals surface area contributed by atoms with Crippen molar-refractivity contribution in [3.05, 3.63) is 65.2 Å². The molecule has 2 aromatic carbocycles. The lowest BCUT2D eigenvalue weighted by atomic mass is 10.2. The van der Waals surface area contributed by atoms with E-state index in [-0.39, 0.29) is 6.61 Å². The van der Waals surface area contributed by atoms with Crippen molar-refractivity contribution in [2.45, 2.75) is 12.8 Å². The number of aliphatic hydroxyl groups is 1. The van der Waals surface area contributed by atoms with E-state index in [4.69, 9.17) is 16.1 Å². The molecule has 0 unspecified atom stereocenters. The molecule has 0 spiro atoms. The van der Waals surface area contributed by atoms with Crippen LogP contribution in [0.3, 0.4) is 0 Å². The average Bonchev–Trinajstić information content (AvgIpc) is 2.48. The first kappa shape index (κ1) is 15.3. The fourth-order valence-corrected chi connectivity index (χ4v) is 4.64. The van der Waals surface area contributed by atoms with E-state index in [1.54, 1.807) is 55.5 Å². The van der Waals surface area contributed by atoms with Crippen LogP contribution < -0.4 is 5.30 Å². The highest BCUT2D eigenvalue weighted by molar-refractivity contribution is 7.67. The van der Waals surface area contributed by atoms with Gasteiger partial charge in [0.05, 0.1) is 16.9 Å². The van der Waals surface area contributed by atoms with E-state index in [0.29, 0.717) is 15.9 Å². The number of hydrogen-bond donors (Lipinski definition) is 1. The van der Waals surface area contributed by atoms with Crippen LogP contribution in [0.2, 0.25) is 5.02 Å². The molecule has 0 amide bonds. The Morgan fingerprint density at radius 3 is 2.35 bits per heavy atom. The molecule has 106 valence electrons. The van der Waals surface area contributed by atoms with Crippen LogP contribution in [0.1, 0.15) is 18.3 Å². The van der Waals surface area contributed by atoms with Crippen molar-refractivity contribution in [1.29, 1.82) is 0 Å². The monoisotopic (exact) mass is 310 g/mol. The minimum Gasteiger partial charge on any atom is -0.378 e. The van der Waals surface area contributed by atoms with Crippen LogP contribution in [0.15, 0.2) is 54.6 Å². The summed E-state index contributed by atoms with van der Waals surface area (Å²) >= 11 is 6.11. The van der Waals surface area contributed by atoms with Gasteiger partial charge in [0.1, 0.15) is 0 Å². The Balaban J connectivity index is 2.50. The summed E-state index contributed by atoms with van der Waals surface area (Å²) in [7, 11) is -3.50. The van der Waals surface area contributed by atoms with Crippen molar-refractivity contribution in [2.75, 3.05) is 6.61 Å². The average molecular weight is 311 g/mol. The first-order valence-corrected chi connectivity index (χ1v) is 8.39. The molecule has 1 N–H and O–H groups in total. The van der Waals surface area contributed by atoms with Crippen molar-refractivity contribution < 1.29 is 14.2 Å². The molecule has 0 saturated heterocycles. The summed E-state index contributed by atoms with van der Waals surface area (Å²) in [6, 6.07) is 15.6. The van der Waals surface area contributed by atoms with Crippen LogP contribution in [0, 0.1) is 0 Å². The molecule has 0 radical (unpaired) electrons. The first-order valence-electron chi connectivity index (χ1n) is 6.32. The van der Waals surface area contributed by atoms with Gasteiger partial charge in [0.25, 0.3) is 7.37 Å². The van der Waals surface area contributed by atoms with Crippen molar-refractivity contribution >= 4 is 24.3 Å². The van der Waals surface area contributed by atoms with E-state index in [9.17, 15) is 9.67 Å². The Kier molecular flexibility index (Phi) is 5.00. The molecule has 5 heteroatoms. The van der Waals surface area contributed by atoms with Crippen LogP contribution in [-0.4, -0.2) is 11.7 Å². The lowest BCUT2D eigenvalue weighted by Crippen LogP contribution is -2.15. The molecule has 20 heavy (non-hydrogen) atoms. The second-order valence-electron chi connectivity index (χ2n) is 4.25. The van der Waals surface area contributed by atoms with Gasteiger partial charge >= 0.3 is 0 Å². The lowest BCUT2D eigenvalue weighted by Gasteiger charge is -2.24. The van der Waals surface area contributed by atoms with Crippen LogP contribution in [0.25, 0.3) is 0 Å². The molecule has 0 fully saturated rings. The molecule has 0 heterocycles. The Hall–Kier alpha value is -1.12. The van der Waals surface area contributed by atoms with Crippen LogP contribution >= 0.6 is 19.0 Å². The fraction of sp³-hybridized carbons (Fsp3) is 0.200. The largest absolute Gasteiger partial charge is 0.378 e. The summed E-state index contributed by atoms with van der Waals surface area (Å²) in [4.78, 5) is 0. The van der Waals surface area contributed by atoms with Gasteiger partial charge in [0.15, 0.2) is 5.85 Å². The molecule has 0 aliphatic rings. The summed E-state index contributed by atoms with van der Waals surface area (Å²) < 4.78 is 18.6. The topological polar surface area (TPSA) is 46.5 Å². The van der Waals surface area contributed by atoms with E-state index in [2.05, 4.69) is 0 Å². The molecular formula is C15H16ClO3P. The predicted molar refractivity (Wildman–Crippen MR) is 81.7 cm³/mol. The SMILES string of the molecule is CCO[P@](=O)(c1ccccc1Cl)[C@@H](O)c1ccccc1. The molecule has 2 aromatic rings. The zero-order chi connectivity index (χ0) is 14.6. The Morgan fingerprint density at radius 1 is 1.15 bits per heavy atom. The summed E-state index contributed by atoms with van der Waals surface area (Å²) in [5, 5.41) is 11.2. The van der Waals surface area contributed by atoms with Gasteiger partial charge in [0.2, 0.25) is 0 Å². The maximum absolute atomic E-state index is 13.2. The van der Waals surface area contributed by atoms with Gasteiger partial charge in [-0.15, -0.1) is 0 Å². The van der Waals surface area contributed by atoms with Crippen LogP contribution in [-0.2, 0) is 9.09 Å². The lowest BCUT2D eigenvalue weighted by molar-refractivity contribution is 0.218. The van der Waals surface area contributed by atoms with Crippen LogP contribution in [0.5, 0.6) is 0 Å². The minimum atomic E-state index is -3.50. The Bertz CT molecular complexity index is 616. The number of rotatable bonds is 5. The molecule has 0 aliphatic heterocycles. The zero-order valence-electron chi connectivity index (χ0n) is 11.1. The third-order valence-corrected chi connectivity index (χ3v) is 6.04. The van der Waals surface area contributed by atoms with Gasteiger partial charge in [-0.25, -0.2) is 0 Å². The normalized spacial score (nSPS) is 15.6. The second-order valence-corrected chi connectivity index (χ2v) is 7.08. The van der Waals surface area contributed by atoms with E-state index in [0.717, 1.165) is 0 Å². The molecule has 2 rings (SSSR count). The number of hydrogen-bond acceptors (Lipinski definition) is 3. The van der Waals surface area contributed by atoms with Crippen molar-refractivity contribution in [2.24, 2.45) is 0 Å². The molecule has 3 nitrogen and oxygen atoms in total. The standard InChI is InChI=1S/C15H16ClO3P/c1-2-19-20(18,14-11-7-6-10-13(14)16)15(17)12-8-4-3-5-9-12/h3-11,15,17H,2H2,1H3/t15-,20-/m1/s1. The van der Waals surface area contributed by atoms with E-state index in [1.807, 2.05) is 6.07 Å². The maximum atomic E-state index is 13.2. The molecule has 0 aliphatic carbocycles. The van der Waals surface area contributed by atoms with Gasteiger partial charge < -0.3 is 9.63 Å². The van der Waals surface area contributed by atoms with Crippen molar-refractivity contribution in [1.82, 2.24) is 0 Å². The van der Waals surface area contributed by atoms with Crippen molar-refractivity contribution in [3.8, 4) is 0 Å². The van der Waals surface area contributed by atoms with Gasteiger partial charge in [-0.2, -0.15) is 0 Å². The highest BCUT2D eigenvalue weighted by Crippen LogP contribution is 2.58. The first-order chi connectivity index (χ1) is 9.59. The van der Waals surface area contributed by atoms with E-state index >= 15 is 0 Å². The summed E-state index contributed by atoms with van der Waals surface area (Å²) in [5.41, 5.74) is 0.546. The number of halogens is 1. The molecule has 2 atom stereocenters. The van der Waals surface area contributed by atoms with Gasteiger partial charge in [0, 0.05) is 0 Å². The third-order valence-electron chi connectivity index (χ3n) is 2.93. The Morgan fingerprint density at radius 2 is 1.75 bits per heavy atom. The second kappa shape index (κ2) is 6.55. The van der Waals surface area contributed by atoms with Gasteiger partial charge in [-0.3, -0.25) is 4.57 Å². The summed E-state index contributed by atoms with van der Waals surface area (Å²) in [5.74, 6) is -1.23. The smallest absolute Gasteiger partial charge is 0.265 e. The Labute approximate surface area is 123 Å². The van der Waals surface area contributed by atoms with Crippen LogP contribution in [0.4, 0.5) is 0 Å². The van der Waals surface area contributed by atoms with Gasteiger partial charge in [-0.05, 0) is 24.6 Å². The van der Waals surface area contributed by atoms with E-state index < -0.39 is 13.2 Å². The number of benzene rings is 2. The molecule has 0 saturated carbocycles. The fourth-order valence-electron chi connectivity index (χ4n) is 1.99. The van der Waals surface area contributed by atoms with Crippen molar-refractivity contribution in [3.63, 3.8) is 0 Å². The predicted octanol–water partition coefficient (Wildman–Crippen LogP) is 3.97. The zero-order valence-corrected chi connectivity index (χ0v) is 12.7. The number of aliphatic hydroxyl groups excluding tert-OH is 1. The summed E-state index contributed by atoms with van der Waals surface area (Å²) in [6.07, 6.45) is 0. The minimum absolute atomic E-state index is 0.229. The molecule has 0 aromatic heterocycles.